The van der Waals surface area contributed by atoms with Gasteiger partial charge in [0.15, 0.2) is 0 Å². The number of nitrogens with zero attached hydrogens (tertiary/aromatic N) is 1. The third kappa shape index (κ3) is 5.95. The van der Waals surface area contributed by atoms with Gasteiger partial charge in [0, 0.05) is 25.7 Å². The van der Waals surface area contributed by atoms with E-state index in [0.29, 0.717) is 13.0 Å². The first kappa shape index (κ1) is 19.6. The molecular weight excluding hydrogens is 312 g/mol. The van der Waals surface area contributed by atoms with E-state index < -0.39 is 10.0 Å². The fraction of sp³-hybridized carbons (Fsp3) is 0.588. The van der Waals surface area contributed by atoms with Gasteiger partial charge in [-0.1, -0.05) is 31.0 Å². The van der Waals surface area contributed by atoms with Gasteiger partial charge in [-0.05, 0) is 38.3 Å². The van der Waals surface area contributed by atoms with Crippen LogP contribution in [0.15, 0.2) is 12.1 Å². The maximum atomic E-state index is 12.0. The molecule has 0 radical (unpaired) electrons. The number of sulfonamides is 1. The smallest absolute Gasteiger partial charge is 0.223 e. The van der Waals surface area contributed by atoms with E-state index >= 15 is 0 Å². The third-order valence-electron chi connectivity index (χ3n) is 3.71. The average molecular weight is 340 g/mol. The van der Waals surface area contributed by atoms with Crippen LogP contribution < -0.4 is 9.62 Å². The van der Waals surface area contributed by atoms with Crippen LogP contribution in [0.3, 0.4) is 0 Å². The standard InChI is InChI=1S/C17H28N2O3S/c1-6-7-10-23(21,22)18-8-9-19(16(5)20)17-14(3)11-13(2)12-15(17)4/h11-12,18H,6-10H2,1-5H3. The van der Waals surface area contributed by atoms with Gasteiger partial charge in [-0.3, -0.25) is 4.79 Å². The largest absolute Gasteiger partial charge is 0.311 e. The lowest BCUT2D eigenvalue weighted by molar-refractivity contribution is -0.116. The van der Waals surface area contributed by atoms with Gasteiger partial charge >= 0.3 is 0 Å². The zero-order valence-electron chi connectivity index (χ0n) is 14.8. The van der Waals surface area contributed by atoms with E-state index in [9.17, 15) is 13.2 Å². The van der Waals surface area contributed by atoms with Crippen LogP contribution >= 0.6 is 0 Å². The van der Waals surface area contributed by atoms with E-state index in [1.165, 1.54) is 6.92 Å². The fourth-order valence-electron chi connectivity index (χ4n) is 2.74. The lowest BCUT2D eigenvalue weighted by Gasteiger charge is -2.25. The lowest BCUT2D eigenvalue weighted by atomic mass is 10.0. The number of amides is 1. The van der Waals surface area contributed by atoms with Crippen molar-refractivity contribution in [2.24, 2.45) is 0 Å². The summed E-state index contributed by atoms with van der Waals surface area (Å²) in [5.74, 6) is 0.0411. The summed E-state index contributed by atoms with van der Waals surface area (Å²) in [6.45, 7) is 9.96. The predicted octanol–water partition coefficient (Wildman–Crippen LogP) is 2.68. The van der Waals surface area contributed by atoms with Crippen molar-refractivity contribution in [3.63, 3.8) is 0 Å². The average Bonchev–Trinajstić information content (AvgIpc) is 2.42. The quantitative estimate of drug-likeness (QED) is 0.791. The first-order chi connectivity index (χ1) is 10.7. The Kier molecular flexibility index (Phi) is 7.22. The molecule has 6 heteroatoms. The topological polar surface area (TPSA) is 66.5 Å². The van der Waals surface area contributed by atoms with E-state index in [1.54, 1.807) is 4.90 Å². The van der Waals surface area contributed by atoms with Crippen LogP contribution in [0.25, 0.3) is 0 Å². The van der Waals surface area contributed by atoms with Crippen molar-refractivity contribution < 1.29 is 13.2 Å². The normalized spacial score (nSPS) is 11.5. The van der Waals surface area contributed by atoms with Crippen molar-refractivity contribution in [1.82, 2.24) is 4.72 Å². The molecule has 1 amide bonds. The number of aryl methyl sites for hydroxylation is 3. The number of nitrogens with one attached hydrogen (secondary N) is 1. The second-order valence-electron chi connectivity index (χ2n) is 5.98. The van der Waals surface area contributed by atoms with Crippen LogP contribution in [-0.2, 0) is 14.8 Å². The number of benzene rings is 1. The Balaban J connectivity index is 2.84. The third-order valence-corrected chi connectivity index (χ3v) is 5.18. The molecule has 0 spiro atoms. The first-order valence-electron chi connectivity index (χ1n) is 8.01. The Morgan fingerprint density at radius 3 is 2.22 bits per heavy atom. The Bertz CT molecular complexity index is 631. The molecule has 1 rings (SSSR count). The number of carbonyl (C=O) groups excluding carboxylic acids is 1. The van der Waals surface area contributed by atoms with Gasteiger partial charge in [0.2, 0.25) is 15.9 Å². The van der Waals surface area contributed by atoms with Crippen molar-refractivity contribution in [1.29, 1.82) is 0 Å². The fourth-order valence-corrected chi connectivity index (χ4v) is 3.96. The van der Waals surface area contributed by atoms with E-state index in [4.69, 9.17) is 0 Å². The number of rotatable bonds is 8. The molecule has 1 aromatic carbocycles. The molecule has 0 atom stereocenters. The van der Waals surface area contributed by atoms with Gasteiger partial charge in [-0.25, -0.2) is 13.1 Å². The summed E-state index contributed by atoms with van der Waals surface area (Å²) in [5, 5.41) is 0. The number of unbranched alkanes of at least 4 members (excludes halogenated alkanes) is 1. The van der Waals surface area contributed by atoms with E-state index in [0.717, 1.165) is 28.8 Å². The number of anilines is 1. The zero-order chi connectivity index (χ0) is 17.6. The molecule has 5 nitrogen and oxygen atoms in total. The van der Waals surface area contributed by atoms with Crippen LogP contribution in [-0.4, -0.2) is 33.2 Å². The summed E-state index contributed by atoms with van der Waals surface area (Å²) in [6.07, 6.45) is 1.48. The lowest BCUT2D eigenvalue weighted by Crippen LogP contribution is -2.39. The Morgan fingerprint density at radius 1 is 1.17 bits per heavy atom. The summed E-state index contributed by atoms with van der Waals surface area (Å²) in [5.41, 5.74) is 4.06. The summed E-state index contributed by atoms with van der Waals surface area (Å²) in [4.78, 5) is 13.7. The van der Waals surface area contributed by atoms with Crippen LogP contribution in [0.1, 0.15) is 43.4 Å². The second-order valence-corrected chi connectivity index (χ2v) is 7.91. The number of carbonyl (C=O) groups is 1. The molecule has 0 aliphatic rings. The Hall–Kier alpha value is -1.40. The van der Waals surface area contributed by atoms with Gasteiger partial charge in [0.1, 0.15) is 0 Å². The molecule has 0 heterocycles. The molecule has 130 valence electrons. The molecule has 0 saturated carbocycles. The summed E-state index contributed by atoms with van der Waals surface area (Å²) >= 11 is 0. The second kappa shape index (κ2) is 8.45. The highest BCUT2D eigenvalue weighted by molar-refractivity contribution is 7.89. The number of hydrogen-bond donors (Lipinski definition) is 1. The van der Waals surface area contributed by atoms with E-state index in [-0.39, 0.29) is 18.2 Å². The molecule has 1 N–H and O–H groups in total. The van der Waals surface area contributed by atoms with Crippen LogP contribution in [0.5, 0.6) is 0 Å². The molecule has 0 fully saturated rings. The highest BCUT2D eigenvalue weighted by atomic mass is 32.2. The van der Waals surface area contributed by atoms with Gasteiger partial charge in [-0.2, -0.15) is 0 Å². The highest BCUT2D eigenvalue weighted by Gasteiger charge is 2.17. The predicted molar refractivity (Wildman–Crippen MR) is 95.4 cm³/mol. The molecule has 0 unspecified atom stereocenters. The van der Waals surface area contributed by atoms with Gasteiger partial charge < -0.3 is 4.90 Å². The molecule has 0 bridgehead atoms. The van der Waals surface area contributed by atoms with Crippen molar-refractivity contribution in [3.05, 3.63) is 28.8 Å². The van der Waals surface area contributed by atoms with Gasteiger partial charge in [0.25, 0.3) is 0 Å². The minimum Gasteiger partial charge on any atom is -0.311 e. The SMILES string of the molecule is CCCCS(=O)(=O)NCCN(C(C)=O)c1c(C)cc(C)cc1C. The van der Waals surface area contributed by atoms with E-state index in [1.807, 2.05) is 39.8 Å². The summed E-state index contributed by atoms with van der Waals surface area (Å²) in [7, 11) is -3.26. The van der Waals surface area contributed by atoms with Gasteiger partial charge in [-0.15, -0.1) is 0 Å². The van der Waals surface area contributed by atoms with Crippen LogP contribution in [0.4, 0.5) is 5.69 Å². The molecule has 0 aromatic heterocycles. The maximum absolute atomic E-state index is 12.0. The Labute approximate surface area is 140 Å². The molecule has 1 aromatic rings. The first-order valence-corrected chi connectivity index (χ1v) is 9.66. The molecule has 0 aliphatic carbocycles. The van der Waals surface area contributed by atoms with Crippen LogP contribution in [0.2, 0.25) is 0 Å². The molecular formula is C17H28N2O3S. The minimum atomic E-state index is -3.26. The number of hydrogen-bond acceptors (Lipinski definition) is 3. The van der Waals surface area contributed by atoms with Crippen molar-refractivity contribution in [3.8, 4) is 0 Å². The van der Waals surface area contributed by atoms with Crippen molar-refractivity contribution in [2.45, 2.75) is 47.5 Å². The molecule has 0 aliphatic heterocycles. The Morgan fingerprint density at radius 2 is 1.74 bits per heavy atom. The van der Waals surface area contributed by atoms with Crippen molar-refractivity contribution >= 4 is 21.6 Å². The van der Waals surface area contributed by atoms with Crippen molar-refractivity contribution in [2.75, 3.05) is 23.7 Å². The van der Waals surface area contributed by atoms with E-state index in [2.05, 4.69) is 4.72 Å². The van der Waals surface area contributed by atoms with Gasteiger partial charge in [0.05, 0.1) is 5.75 Å². The summed E-state index contributed by atoms with van der Waals surface area (Å²) < 4.78 is 26.3. The summed E-state index contributed by atoms with van der Waals surface area (Å²) in [6, 6.07) is 4.06. The molecule has 0 saturated heterocycles. The minimum absolute atomic E-state index is 0.0900. The highest BCUT2D eigenvalue weighted by Crippen LogP contribution is 2.26. The monoisotopic (exact) mass is 340 g/mol. The van der Waals surface area contributed by atoms with Crippen LogP contribution in [0, 0.1) is 20.8 Å². The maximum Gasteiger partial charge on any atom is 0.223 e. The molecule has 23 heavy (non-hydrogen) atoms. The zero-order valence-corrected chi connectivity index (χ0v) is 15.6.